The minimum Gasteiger partial charge on any atom is -0.748 e. The Balaban J connectivity index is 3.02. The van der Waals surface area contributed by atoms with Crippen LogP contribution in [0.1, 0.15) is 80.1 Å². The lowest BCUT2D eigenvalue weighted by atomic mass is 10.1. The average molecular weight is 744 g/mol. The number of carbonyl (C=O) groups is 3. The van der Waals surface area contributed by atoms with Crippen LogP contribution in [-0.2, 0) is 27.4 Å². The number of halogens is 1. The van der Waals surface area contributed by atoms with Crippen LogP contribution in [0.3, 0.4) is 0 Å². The van der Waals surface area contributed by atoms with E-state index in [9.17, 15) is 36.2 Å². The second-order valence-corrected chi connectivity index (χ2v) is 14.8. The zero-order valence-electron chi connectivity index (χ0n) is 25.6. The molecule has 0 aliphatic carbocycles. The van der Waals surface area contributed by atoms with Crippen molar-refractivity contribution in [1.29, 1.82) is 0 Å². The van der Waals surface area contributed by atoms with Gasteiger partial charge >= 0.3 is 18.2 Å². The molecule has 0 bridgehead atoms. The van der Waals surface area contributed by atoms with Crippen molar-refractivity contribution in [3.63, 3.8) is 0 Å². The van der Waals surface area contributed by atoms with Crippen LogP contribution in [-0.4, -0.2) is 72.9 Å². The molecule has 1 aromatic carbocycles. The molecule has 14 nitrogen and oxygen atoms in total. The van der Waals surface area contributed by atoms with Crippen LogP contribution in [0.15, 0.2) is 29.2 Å². The van der Waals surface area contributed by atoms with Gasteiger partial charge in [0, 0.05) is 19.6 Å². The third-order valence-corrected chi connectivity index (χ3v) is 8.47. The van der Waals surface area contributed by atoms with Gasteiger partial charge in [-0.05, 0) is 79.4 Å². The van der Waals surface area contributed by atoms with Crippen LogP contribution in [0.2, 0.25) is 0 Å². The zero-order valence-corrected chi connectivity index (χ0v) is 28.5. The highest BCUT2D eigenvalue weighted by Gasteiger charge is 2.36. The van der Waals surface area contributed by atoms with Crippen molar-refractivity contribution in [3.8, 4) is 0 Å². The number of carboxylic acid groups (broad SMARTS) is 1. The quantitative estimate of drug-likeness (QED) is 0.0836. The number of aliphatic carboxylic acids is 1. The van der Waals surface area contributed by atoms with E-state index < -0.39 is 71.8 Å². The van der Waals surface area contributed by atoms with Gasteiger partial charge in [0.2, 0.25) is 10.0 Å². The Bertz CT molecular complexity index is 1180. The maximum Gasteiger partial charge on any atom is 0.407 e. The summed E-state index contributed by atoms with van der Waals surface area (Å²) in [4.78, 5) is 35.7. The summed E-state index contributed by atoms with van der Waals surface area (Å²) in [6.45, 7) is 10.6. The lowest BCUT2D eigenvalue weighted by molar-refractivity contribution is -0.141. The average Bonchev–Trinajstić information content (AvgIpc) is 2.88. The van der Waals surface area contributed by atoms with Crippen molar-refractivity contribution in [3.05, 3.63) is 29.5 Å². The van der Waals surface area contributed by atoms with E-state index in [1.807, 2.05) is 0 Å². The number of sulfonamides is 1. The highest BCUT2D eigenvalue weighted by atomic mass is 127. The van der Waals surface area contributed by atoms with Gasteiger partial charge in [0.15, 0.2) is 0 Å². The summed E-state index contributed by atoms with van der Waals surface area (Å²) in [6.07, 6.45) is 0.789. The van der Waals surface area contributed by atoms with Gasteiger partial charge in [-0.3, -0.25) is 4.79 Å². The number of nitrogens with one attached hydrogen (secondary N) is 2. The van der Waals surface area contributed by atoms with Gasteiger partial charge in [0.1, 0.15) is 22.1 Å². The fourth-order valence-electron chi connectivity index (χ4n) is 3.87. The number of nitrogens with zero attached hydrogens (tertiary/aromatic N) is 2. The molecule has 2 amide bonds. The number of para-hydroxylation sites is 1. The predicted molar refractivity (Wildman–Crippen MR) is 168 cm³/mol. The van der Waals surface area contributed by atoms with Crippen molar-refractivity contribution in [2.24, 2.45) is 0 Å². The first-order valence-corrected chi connectivity index (χ1v) is 17.2. The lowest BCUT2D eigenvalue weighted by Gasteiger charge is -2.31. The highest BCUT2D eigenvalue weighted by Crippen LogP contribution is 2.32. The van der Waals surface area contributed by atoms with E-state index in [0.29, 0.717) is 32.2 Å². The minimum atomic E-state index is -4.53. The number of hydrogen-bond donors (Lipinski definition) is 3. The number of benzene rings is 1. The third-order valence-electron chi connectivity index (χ3n) is 5.63. The molecule has 0 saturated carbocycles. The van der Waals surface area contributed by atoms with Gasteiger partial charge in [-0.1, -0.05) is 25.0 Å². The molecule has 0 aliphatic rings. The molecule has 0 fully saturated rings. The van der Waals surface area contributed by atoms with Crippen LogP contribution in [0.4, 0.5) is 15.3 Å². The lowest BCUT2D eigenvalue weighted by Crippen LogP contribution is -2.46. The van der Waals surface area contributed by atoms with Gasteiger partial charge in [-0.25, -0.2) is 21.1 Å². The normalized spacial score (nSPS) is 12.8. The monoisotopic (exact) mass is 743 g/mol. The molecule has 0 radical (unpaired) electrons. The summed E-state index contributed by atoms with van der Waals surface area (Å²) < 4.78 is 50.3. The number of rotatable bonds is 17. The van der Waals surface area contributed by atoms with Crippen LogP contribution in [0.5, 0.6) is 0 Å². The van der Waals surface area contributed by atoms with E-state index in [0.717, 1.165) is 4.31 Å². The number of unbranched alkanes of at least 4 members (excludes halogenated alkanes) is 3. The van der Waals surface area contributed by atoms with Crippen molar-refractivity contribution in [2.45, 2.75) is 102 Å². The molecule has 246 valence electrons. The van der Waals surface area contributed by atoms with Crippen molar-refractivity contribution in [1.82, 2.24) is 14.9 Å². The molecule has 0 spiro atoms. The fourth-order valence-corrected chi connectivity index (χ4v) is 6.48. The van der Waals surface area contributed by atoms with Crippen LogP contribution in [0.25, 0.3) is 0 Å². The Morgan fingerprint density at radius 2 is 1.42 bits per heavy atom. The molecule has 1 atom stereocenters. The Morgan fingerprint density at radius 1 is 0.907 bits per heavy atom. The molecule has 3 N–H and O–H groups in total. The summed E-state index contributed by atoms with van der Waals surface area (Å²) >= 11 is -2.27. The summed E-state index contributed by atoms with van der Waals surface area (Å²) in [5.41, 5.74) is -1.68. The Hall–Kier alpha value is -2.57. The van der Waals surface area contributed by atoms with Gasteiger partial charge in [0.05, 0.1) is 5.69 Å². The van der Waals surface area contributed by atoms with Crippen molar-refractivity contribution >= 4 is 55.3 Å². The minimum absolute atomic E-state index is 0.0444. The third kappa shape index (κ3) is 14.6. The number of hydrogen-bond acceptors (Lipinski definition) is 9. The largest absolute Gasteiger partial charge is 0.748 e. The van der Waals surface area contributed by atoms with E-state index in [-0.39, 0.29) is 34.9 Å². The number of ether oxygens (including phenoxy) is 2. The predicted octanol–water partition coefficient (Wildman–Crippen LogP) is 5.06. The second kappa shape index (κ2) is 17.7. The first-order valence-electron chi connectivity index (χ1n) is 13.9. The molecule has 0 aliphatic heterocycles. The first kappa shape index (κ1) is 38.5. The fraction of sp³-hybridized carbons (Fsp3) is 0.667. The molecule has 43 heavy (non-hydrogen) atoms. The number of carbonyl (C=O) groups excluding carboxylic acids is 2. The maximum atomic E-state index is 13.8. The van der Waals surface area contributed by atoms with Gasteiger partial charge in [0.25, 0.3) is 21.5 Å². The van der Waals surface area contributed by atoms with Crippen LogP contribution >= 0.6 is 21.5 Å². The highest BCUT2D eigenvalue weighted by molar-refractivity contribution is 14.1. The molecule has 1 aromatic rings. The smallest absolute Gasteiger partial charge is 0.407 e. The van der Waals surface area contributed by atoms with Gasteiger partial charge in [-0.2, -0.15) is 4.31 Å². The van der Waals surface area contributed by atoms with Gasteiger partial charge in [-0.15, -0.1) is 0 Å². The number of amides is 2. The van der Waals surface area contributed by atoms with E-state index in [2.05, 4.69) is 10.6 Å². The maximum absolute atomic E-state index is 13.8. The number of alkyl carbamates (subject to hydrolysis) is 2. The zero-order chi connectivity index (χ0) is 32.8. The second-order valence-electron chi connectivity index (χ2n) is 11.7. The molecule has 0 saturated heterocycles. The van der Waals surface area contributed by atoms with Crippen molar-refractivity contribution < 1.29 is 40.5 Å². The first-order chi connectivity index (χ1) is 19.9. The molecular formula is C27H44IN4O10S-. The van der Waals surface area contributed by atoms with Crippen molar-refractivity contribution in [2.75, 3.05) is 22.9 Å². The Morgan fingerprint density at radius 3 is 1.93 bits per heavy atom. The van der Waals surface area contributed by atoms with E-state index in [1.54, 1.807) is 41.5 Å². The standard InChI is InChI=1S/C27H44IN4O10S/c1-26(2,3)41-24(35)29-17-11-7-8-12-19-31(43(39,40)22-16-10-9-14-20(22)32(38)28-37)21(23(33)34)15-13-18-30-25(36)42-27(4,5)6/h9-10,14,16,21H,7-8,11-13,15,17-19H2,1-6H3,(H,29,35)(H,30,36)(H,33,34)/q-1/t21-/m0/s1. The van der Waals surface area contributed by atoms with E-state index >= 15 is 0 Å². The molecule has 0 aromatic heterocycles. The Kier molecular flexibility index (Phi) is 15.8. The Labute approximate surface area is 264 Å². The summed E-state index contributed by atoms with van der Waals surface area (Å²) in [5.74, 6) is -1.39. The van der Waals surface area contributed by atoms with E-state index in [4.69, 9.17) is 9.47 Å². The summed E-state index contributed by atoms with van der Waals surface area (Å²) in [5, 5.41) is 27.5. The molecular weight excluding hydrogens is 699 g/mol. The molecule has 0 unspecified atom stereocenters. The number of carboxylic acids is 1. The number of anilines is 1. The molecule has 16 heteroatoms. The SMILES string of the molecule is CC(C)(C)OC(=O)NCCCCCCN([C@@H](CCCNC(=O)OC(C)(C)C)C(=O)O)S(=O)(=O)c1ccccc1N([O-])I=O. The van der Waals surface area contributed by atoms with Crippen LogP contribution in [0, 0.1) is 5.21 Å². The molecule has 1 rings (SSSR count). The summed E-state index contributed by atoms with van der Waals surface area (Å²) in [7, 11) is -4.53. The summed E-state index contributed by atoms with van der Waals surface area (Å²) in [6, 6.07) is 3.70. The van der Waals surface area contributed by atoms with E-state index in [1.165, 1.54) is 24.3 Å². The van der Waals surface area contributed by atoms with Crippen LogP contribution < -0.4 is 13.9 Å². The molecule has 0 heterocycles. The topological polar surface area (TPSA) is 195 Å². The van der Waals surface area contributed by atoms with Gasteiger partial charge < -0.3 is 33.7 Å².